The van der Waals surface area contributed by atoms with E-state index in [1.54, 1.807) is 0 Å². The summed E-state index contributed by atoms with van der Waals surface area (Å²) in [6, 6.07) is 0.0250. The molecule has 0 saturated carbocycles. The number of rotatable bonds is 3. The molecule has 0 radical (unpaired) electrons. The van der Waals surface area contributed by atoms with E-state index in [0.29, 0.717) is 12.3 Å². The fourth-order valence-electron chi connectivity index (χ4n) is 2.61. The second kappa shape index (κ2) is 5.64. The quantitative estimate of drug-likeness (QED) is 0.772. The SMILES string of the molecule is NC(CC(=O)N1CCCC1)C1CCOCC1. The van der Waals surface area contributed by atoms with Gasteiger partial charge in [-0.05, 0) is 31.6 Å². The van der Waals surface area contributed by atoms with Gasteiger partial charge < -0.3 is 15.4 Å². The molecule has 2 heterocycles. The molecule has 2 aliphatic heterocycles. The van der Waals surface area contributed by atoms with Crippen molar-refractivity contribution in [1.29, 1.82) is 0 Å². The second-order valence-corrected chi connectivity index (χ2v) is 4.91. The average Bonchev–Trinajstić information content (AvgIpc) is 2.83. The van der Waals surface area contributed by atoms with E-state index in [4.69, 9.17) is 10.5 Å². The smallest absolute Gasteiger partial charge is 0.224 e. The fourth-order valence-corrected chi connectivity index (χ4v) is 2.61. The molecule has 1 atom stereocenters. The predicted octanol–water partition coefficient (Wildman–Crippen LogP) is 0.753. The molecule has 2 fully saturated rings. The van der Waals surface area contributed by atoms with Gasteiger partial charge in [-0.15, -0.1) is 0 Å². The monoisotopic (exact) mass is 226 g/mol. The van der Waals surface area contributed by atoms with E-state index >= 15 is 0 Å². The van der Waals surface area contributed by atoms with Crippen molar-refractivity contribution < 1.29 is 9.53 Å². The van der Waals surface area contributed by atoms with Crippen LogP contribution in [0, 0.1) is 5.92 Å². The third kappa shape index (κ3) is 2.95. The third-order valence-electron chi connectivity index (χ3n) is 3.74. The van der Waals surface area contributed by atoms with E-state index in [1.165, 1.54) is 0 Å². The highest BCUT2D eigenvalue weighted by Crippen LogP contribution is 2.20. The molecular formula is C12H22N2O2. The molecule has 0 aromatic rings. The zero-order valence-corrected chi connectivity index (χ0v) is 9.86. The van der Waals surface area contributed by atoms with Crippen LogP contribution in [0.4, 0.5) is 0 Å². The van der Waals surface area contributed by atoms with Crippen LogP contribution in [-0.4, -0.2) is 43.2 Å². The van der Waals surface area contributed by atoms with Gasteiger partial charge in [0.2, 0.25) is 5.91 Å². The number of ether oxygens (including phenoxy) is 1. The number of amides is 1. The van der Waals surface area contributed by atoms with E-state index in [-0.39, 0.29) is 11.9 Å². The van der Waals surface area contributed by atoms with Gasteiger partial charge in [-0.1, -0.05) is 0 Å². The summed E-state index contributed by atoms with van der Waals surface area (Å²) in [7, 11) is 0. The molecule has 0 aliphatic carbocycles. The van der Waals surface area contributed by atoms with Crippen molar-refractivity contribution in [2.45, 2.75) is 38.1 Å². The Hall–Kier alpha value is -0.610. The molecule has 2 aliphatic rings. The molecule has 0 aromatic carbocycles. The molecule has 4 nitrogen and oxygen atoms in total. The lowest BCUT2D eigenvalue weighted by molar-refractivity contribution is -0.130. The summed E-state index contributed by atoms with van der Waals surface area (Å²) in [6.07, 6.45) is 4.84. The predicted molar refractivity (Wildman–Crippen MR) is 61.9 cm³/mol. The van der Waals surface area contributed by atoms with Crippen LogP contribution in [0.2, 0.25) is 0 Å². The van der Waals surface area contributed by atoms with Crippen LogP contribution >= 0.6 is 0 Å². The lowest BCUT2D eigenvalue weighted by Crippen LogP contribution is -2.40. The summed E-state index contributed by atoms with van der Waals surface area (Å²) < 4.78 is 5.30. The normalized spacial score (nSPS) is 24.7. The van der Waals surface area contributed by atoms with Crippen LogP contribution in [0.3, 0.4) is 0 Å². The molecule has 4 heteroatoms. The van der Waals surface area contributed by atoms with Crippen molar-refractivity contribution in [1.82, 2.24) is 4.90 Å². The number of carbonyl (C=O) groups excluding carboxylic acids is 1. The number of carbonyl (C=O) groups is 1. The van der Waals surface area contributed by atoms with Gasteiger partial charge in [0.05, 0.1) is 0 Å². The second-order valence-electron chi connectivity index (χ2n) is 4.91. The van der Waals surface area contributed by atoms with Crippen molar-refractivity contribution in [3.63, 3.8) is 0 Å². The molecule has 16 heavy (non-hydrogen) atoms. The first kappa shape index (κ1) is 11.9. The lowest BCUT2D eigenvalue weighted by atomic mass is 9.90. The van der Waals surface area contributed by atoms with E-state index in [9.17, 15) is 4.79 Å². The van der Waals surface area contributed by atoms with Crippen molar-refractivity contribution in [3.8, 4) is 0 Å². The average molecular weight is 226 g/mol. The third-order valence-corrected chi connectivity index (χ3v) is 3.74. The van der Waals surface area contributed by atoms with Crippen LogP contribution in [-0.2, 0) is 9.53 Å². The fraction of sp³-hybridized carbons (Fsp3) is 0.917. The lowest BCUT2D eigenvalue weighted by Gasteiger charge is -2.28. The Labute approximate surface area is 97.1 Å². The first-order chi connectivity index (χ1) is 7.77. The standard InChI is InChI=1S/C12H22N2O2/c13-11(10-3-7-16-8-4-10)9-12(15)14-5-1-2-6-14/h10-11H,1-9,13H2. The van der Waals surface area contributed by atoms with Crippen LogP contribution < -0.4 is 5.73 Å². The summed E-state index contributed by atoms with van der Waals surface area (Å²) in [5.74, 6) is 0.719. The maximum atomic E-state index is 11.9. The Morgan fingerprint density at radius 1 is 1.31 bits per heavy atom. The Bertz CT molecular complexity index is 233. The van der Waals surface area contributed by atoms with Gasteiger partial charge in [-0.25, -0.2) is 0 Å². The summed E-state index contributed by atoms with van der Waals surface area (Å²) >= 11 is 0. The Morgan fingerprint density at radius 3 is 2.56 bits per heavy atom. The molecule has 2 N–H and O–H groups in total. The van der Waals surface area contributed by atoms with Crippen molar-refractivity contribution >= 4 is 5.91 Å². The maximum absolute atomic E-state index is 11.9. The summed E-state index contributed by atoms with van der Waals surface area (Å²) in [5, 5.41) is 0. The van der Waals surface area contributed by atoms with Gasteiger partial charge >= 0.3 is 0 Å². The van der Waals surface area contributed by atoms with Gasteiger partial charge in [-0.3, -0.25) is 4.79 Å². The van der Waals surface area contributed by atoms with Crippen molar-refractivity contribution in [2.75, 3.05) is 26.3 Å². The number of nitrogens with zero attached hydrogens (tertiary/aromatic N) is 1. The van der Waals surface area contributed by atoms with E-state index in [1.807, 2.05) is 4.90 Å². The van der Waals surface area contributed by atoms with E-state index in [0.717, 1.165) is 52.0 Å². The molecule has 0 bridgehead atoms. The minimum Gasteiger partial charge on any atom is -0.381 e. The summed E-state index contributed by atoms with van der Waals surface area (Å²) in [5.41, 5.74) is 6.11. The van der Waals surface area contributed by atoms with Gasteiger partial charge in [-0.2, -0.15) is 0 Å². The number of nitrogens with two attached hydrogens (primary N) is 1. The molecule has 92 valence electrons. The first-order valence-corrected chi connectivity index (χ1v) is 6.38. The molecular weight excluding hydrogens is 204 g/mol. The van der Waals surface area contributed by atoms with Gasteiger partial charge in [0.1, 0.15) is 0 Å². The topological polar surface area (TPSA) is 55.6 Å². The zero-order valence-electron chi connectivity index (χ0n) is 9.86. The van der Waals surface area contributed by atoms with Gasteiger partial charge in [0.15, 0.2) is 0 Å². The van der Waals surface area contributed by atoms with E-state index < -0.39 is 0 Å². The Morgan fingerprint density at radius 2 is 1.94 bits per heavy atom. The zero-order chi connectivity index (χ0) is 11.4. The highest BCUT2D eigenvalue weighted by atomic mass is 16.5. The molecule has 1 unspecified atom stereocenters. The molecule has 0 spiro atoms. The maximum Gasteiger partial charge on any atom is 0.224 e. The highest BCUT2D eigenvalue weighted by molar-refractivity contribution is 5.77. The first-order valence-electron chi connectivity index (χ1n) is 6.38. The molecule has 1 amide bonds. The molecule has 0 aromatic heterocycles. The summed E-state index contributed by atoms with van der Waals surface area (Å²) in [6.45, 7) is 3.46. The number of hydrogen-bond donors (Lipinski definition) is 1. The highest BCUT2D eigenvalue weighted by Gasteiger charge is 2.26. The largest absolute Gasteiger partial charge is 0.381 e. The van der Waals surface area contributed by atoms with E-state index in [2.05, 4.69) is 0 Å². The molecule has 2 rings (SSSR count). The van der Waals surface area contributed by atoms with Crippen molar-refractivity contribution in [3.05, 3.63) is 0 Å². The van der Waals surface area contributed by atoms with Crippen LogP contribution in [0.25, 0.3) is 0 Å². The summed E-state index contributed by atoms with van der Waals surface area (Å²) in [4.78, 5) is 13.9. The van der Waals surface area contributed by atoms with Crippen LogP contribution in [0.1, 0.15) is 32.1 Å². The number of hydrogen-bond acceptors (Lipinski definition) is 3. The number of likely N-dealkylation sites (tertiary alicyclic amines) is 1. The Balaban J connectivity index is 1.76. The van der Waals surface area contributed by atoms with Crippen LogP contribution in [0.5, 0.6) is 0 Å². The molecule has 2 saturated heterocycles. The van der Waals surface area contributed by atoms with Gasteiger partial charge in [0.25, 0.3) is 0 Å². The Kier molecular flexibility index (Phi) is 4.18. The minimum absolute atomic E-state index is 0.0250. The van der Waals surface area contributed by atoms with Crippen LogP contribution in [0.15, 0.2) is 0 Å². The van der Waals surface area contributed by atoms with Crippen molar-refractivity contribution in [2.24, 2.45) is 11.7 Å². The van der Waals surface area contributed by atoms with Gasteiger partial charge in [0, 0.05) is 38.8 Å². The minimum atomic E-state index is 0.0250.